The summed E-state index contributed by atoms with van der Waals surface area (Å²) in [5.41, 5.74) is 0. The summed E-state index contributed by atoms with van der Waals surface area (Å²) in [6.45, 7) is 2.37. The largest absolute Gasteiger partial charge is 0.339 e. The minimum Gasteiger partial charge on any atom is -0.339 e. The average molecular weight is 403 g/mol. The molecule has 2 rings (SSSR count). The van der Waals surface area contributed by atoms with E-state index in [1.807, 2.05) is 0 Å². The van der Waals surface area contributed by atoms with Gasteiger partial charge in [-0.1, -0.05) is 23.2 Å². The van der Waals surface area contributed by atoms with Gasteiger partial charge >= 0.3 is 0 Å². The smallest absolute Gasteiger partial charge is 0.243 e. The predicted molar refractivity (Wildman–Crippen MR) is 93.0 cm³/mol. The molecule has 1 aromatic carbocycles. The van der Waals surface area contributed by atoms with E-state index in [2.05, 4.69) is 5.32 Å². The Labute approximate surface area is 152 Å². The second-order valence-electron chi connectivity index (χ2n) is 5.00. The van der Waals surface area contributed by atoms with E-state index < -0.39 is 10.0 Å². The molecule has 0 spiro atoms. The van der Waals surface area contributed by atoms with Gasteiger partial charge < -0.3 is 10.2 Å². The van der Waals surface area contributed by atoms with Crippen molar-refractivity contribution < 1.29 is 13.2 Å². The average Bonchev–Trinajstić information content (AvgIpc) is 2.47. The van der Waals surface area contributed by atoms with Crippen molar-refractivity contribution in [1.29, 1.82) is 0 Å². The molecule has 0 saturated carbocycles. The maximum atomic E-state index is 12.5. The molecule has 10 heteroatoms. The summed E-state index contributed by atoms with van der Waals surface area (Å²) in [5.74, 6) is -0.222. The Morgan fingerprint density at radius 1 is 1.22 bits per heavy atom. The lowest BCUT2D eigenvalue weighted by molar-refractivity contribution is -0.131. The van der Waals surface area contributed by atoms with Crippen molar-refractivity contribution in [2.75, 3.05) is 39.8 Å². The van der Waals surface area contributed by atoms with Gasteiger partial charge in [0.2, 0.25) is 15.9 Å². The van der Waals surface area contributed by atoms with Gasteiger partial charge in [0.1, 0.15) is 0 Å². The number of hydrogen-bond donors (Lipinski definition) is 1. The fourth-order valence-electron chi connectivity index (χ4n) is 2.15. The van der Waals surface area contributed by atoms with Crippen LogP contribution in [0, 0.1) is 0 Å². The summed E-state index contributed by atoms with van der Waals surface area (Å²) in [4.78, 5) is 13.8. The molecule has 0 bridgehead atoms. The maximum absolute atomic E-state index is 12.5. The van der Waals surface area contributed by atoms with Crippen LogP contribution in [0.1, 0.15) is 0 Å². The second kappa shape index (κ2) is 8.50. The fourth-order valence-corrected chi connectivity index (χ4v) is 3.99. The number of amides is 1. The predicted octanol–water partition coefficient (Wildman–Crippen LogP) is 1.47. The molecule has 1 aromatic rings. The molecule has 1 aliphatic rings. The molecule has 6 nitrogen and oxygen atoms in total. The summed E-state index contributed by atoms with van der Waals surface area (Å²) in [5, 5.41) is 3.60. The van der Waals surface area contributed by atoms with Gasteiger partial charge in [-0.15, -0.1) is 12.4 Å². The van der Waals surface area contributed by atoms with E-state index in [1.165, 1.54) is 25.2 Å². The number of nitrogens with one attached hydrogen (secondary N) is 1. The van der Waals surface area contributed by atoms with Crippen LogP contribution in [0.2, 0.25) is 10.0 Å². The Morgan fingerprint density at radius 3 is 2.26 bits per heavy atom. The SMILES string of the molecule is CN(CC(=O)N1CCNCC1)S(=O)(=O)c1cc(Cl)cc(Cl)c1.Cl. The van der Waals surface area contributed by atoms with Crippen LogP contribution in [0.4, 0.5) is 0 Å². The molecule has 23 heavy (non-hydrogen) atoms. The standard InChI is InChI=1S/C13H17Cl2N3O3S.ClH/c1-17(9-13(19)18-4-2-16-3-5-18)22(20,21)12-7-10(14)6-11(15)8-12;/h6-8,16H,2-5,9H2,1H3;1H. The van der Waals surface area contributed by atoms with Crippen LogP contribution in [-0.2, 0) is 14.8 Å². The Morgan fingerprint density at radius 2 is 1.74 bits per heavy atom. The zero-order valence-electron chi connectivity index (χ0n) is 12.5. The number of halogens is 3. The van der Waals surface area contributed by atoms with Crippen LogP contribution >= 0.6 is 35.6 Å². The van der Waals surface area contributed by atoms with Gasteiger partial charge in [-0.05, 0) is 18.2 Å². The molecule has 1 saturated heterocycles. The fraction of sp³-hybridized carbons (Fsp3) is 0.462. The maximum Gasteiger partial charge on any atom is 0.243 e. The number of piperazine rings is 1. The highest BCUT2D eigenvalue weighted by Crippen LogP contribution is 2.24. The first kappa shape index (κ1) is 20.5. The van der Waals surface area contributed by atoms with Crippen LogP contribution < -0.4 is 5.32 Å². The Kier molecular flexibility index (Phi) is 7.57. The van der Waals surface area contributed by atoms with Gasteiger partial charge in [-0.3, -0.25) is 4.79 Å². The van der Waals surface area contributed by atoms with Crippen molar-refractivity contribution in [3.8, 4) is 0 Å². The number of sulfonamides is 1. The van der Waals surface area contributed by atoms with Gasteiger partial charge in [0.25, 0.3) is 0 Å². The minimum absolute atomic E-state index is 0. The lowest BCUT2D eigenvalue weighted by Crippen LogP contribution is -2.49. The molecule has 130 valence electrons. The molecule has 0 aliphatic carbocycles. The van der Waals surface area contributed by atoms with Crippen LogP contribution in [0.5, 0.6) is 0 Å². The van der Waals surface area contributed by atoms with Gasteiger partial charge in [-0.2, -0.15) is 4.31 Å². The zero-order valence-corrected chi connectivity index (χ0v) is 15.6. The molecule has 0 unspecified atom stereocenters. The number of benzene rings is 1. The van der Waals surface area contributed by atoms with Crippen molar-refractivity contribution in [2.24, 2.45) is 0 Å². The first-order valence-corrected chi connectivity index (χ1v) is 8.91. The molecule has 0 atom stereocenters. The van der Waals surface area contributed by atoms with E-state index in [-0.39, 0.29) is 39.8 Å². The normalized spacial score (nSPS) is 15.4. The van der Waals surface area contributed by atoms with Gasteiger partial charge in [0.05, 0.1) is 11.4 Å². The molecular weight excluding hydrogens is 385 g/mol. The summed E-state index contributed by atoms with van der Waals surface area (Å²) in [6, 6.07) is 4.08. The molecule has 0 radical (unpaired) electrons. The quantitative estimate of drug-likeness (QED) is 0.828. The third kappa shape index (κ3) is 5.20. The molecule has 1 fully saturated rings. The van der Waals surface area contributed by atoms with Gasteiger partial charge in [0.15, 0.2) is 0 Å². The lowest BCUT2D eigenvalue weighted by atomic mass is 10.3. The topological polar surface area (TPSA) is 69.7 Å². The Bertz CT molecular complexity index is 643. The Balaban J connectivity index is 0.00000264. The lowest BCUT2D eigenvalue weighted by Gasteiger charge is -2.29. The summed E-state index contributed by atoms with van der Waals surface area (Å²) < 4.78 is 26.0. The first-order valence-electron chi connectivity index (χ1n) is 6.71. The third-order valence-electron chi connectivity index (χ3n) is 3.37. The number of carbonyl (C=O) groups excluding carboxylic acids is 1. The van der Waals surface area contributed by atoms with E-state index in [1.54, 1.807) is 4.90 Å². The van der Waals surface area contributed by atoms with Crippen molar-refractivity contribution in [1.82, 2.24) is 14.5 Å². The van der Waals surface area contributed by atoms with E-state index in [0.717, 1.165) is 4.31 Å². The number of likely N-dealkylation sites (N-methyl/N-ethyl adjacent to an activating group) is 1. The highest BCUT2D eigenvalue weighted by molar-refractivity contribution is 7.89. The summed E-state index contributed by atoms with van der Waals surface area (Å²) in [6.07, 6.45) is 0. The minimum atomic E-state index is -3.82. The molecular formula is C13H18Cl3N3O3S. The van der Waals surface area contributed by atoms with Crippen LogP contribution in [0.3, 0.4) is 0 Å². The third-order valence-corrected chi connectivity index (χ3v) is 5.59. The number of carbonyl (C=O) groups is 1. The van der Waals surface area contributed by atoms with Crippen LogP contribution in [0.25, 0.3) is 0 Å². The van der Waals surface area contributed by atoms with E-state index in [4.69, 9.17) is 23.2 Å². The number of rotatable bonds is 4. The van der Waals surface area contributed by atoms with Crippen molar-refractivity contribution >= 4 is 51.5 Å². The van der Waals surface area contributed by atoms with Crippen molar-refractivity contribution in [2.45, 2.75) is 4.90 Å². The molecule has 1 amide bonds. The van der Waals surface area contributed by atoms with Gasteiger partial charge in [0, 0.05) is 43.3 Å². The molecule has 1 aliphatic heterocycles. The van der Waals surface area contributed by atoms with Crippen LogP contribution in [-0.4, -0.2) is 63.3 Å². The van der Waals surface area contributed by atoms with Crippen molar-refractivity contribution in [3.63, 3.8) is 0 Å². The molecule has 1 N–H and O–H groups in total. The number of hydrogen-bond acceptors (Lipinski definition) is 4. The van der Waals surface area contributed by atoms with Crippen molar-refractivity contribution in [3.05, 3.63) is 28.2 Å². The monoisotopic (exact) mass is 401 g/mol. The Hall–Kier alpha value is -0.570. The highest BCUT2D eigenvalue weighted by Gasteiger charge is 2.26. The highest BCUT2D eigenvalue weighted by atomic mass is 35.5. The summed E-state index contributed by atoms with van der Waals surface area (Å²) >= 11 is 11.7. The zero-order chi connectivity index (χ0) is 16.3. The van der Waals surface area contributed by atoms with E-state index >= 15 is 0 Å². The van der Waals surface area contributed by atoms with Crippen LogP contribution in [0.15, 0.2) is 23.1 Å². The first-order chi connectivity index (χ1) is 10.3. The number of nitrogens with zero attached hydrogens (tertiary/aromatic N) is 2. The molecule has 0 aromatic heterocycles. The molecule has 1 heterocycles. The summed E-state index contributed by atoms with van der Waals surface area (Å²) in [7, 11) is -2.45. The van der Waals surface area contributed by atoms with Gasteiger partial charge in [-0.25, -0.2) is 8.42 Å². The van der Waals surface area contributed by atoms with E-state index in [0.29, 0.717) is 26.2 Å². The van der Waals surface area contributed by atoms with E-state index in [9.17, 15) is 13.2 Å². The second-order valence-corrected chi connectivity index (χ2v) is 7.91.